The first-order chi connectivity index (χ1) is 8.85. The number of primary amides is 1. The number of unbranched alkanes of at least 4 members (excludes halogenated alkanes) is 1. The van der Waals surface area contributed by atoms with E-state index in [0.717, 1.165) is 0 Å². The molecule has 0 atom stereocenters. The second kappa shape index (κ2) is 18.7. The van der Waals surface area contributed by atoms with Crippen molar-refractivity contribution in [1.82, 2.24) is 0 Å². The van der Waals surface area contributed by atoms with Gasteiger partial charge in [-0.3, -0.25) is 4.79 Å². The maximum absolute atomic E-state index is 8.58. The van der Waals surface area contributed by atoms with Gasteiger partial charge in [0, 0.05) is 4.90 Å². The number of thioether (sulfide) groups is 2. The summed E-state index contributed by atoms with van der Waals surface area (Å²) < 4.78 is 0. The van der Waals surface area contributed by atoms with E-state index in [1.54, 1.807) is 0 Å². The number of hydrogen-bond acceptors (Lipinski definition) is 3. The molecule has 1 aromatic rings. The van der Waals surface area contributed by atoms with Gasteiger partial charge in [0.15, 0.2) is 0 Å². The first kappa shape index (κ1) is 19.7. The van der Waals surface area contributed by atoms with E-state index >= 15 is 0 Å². The zero-order chi connectivity index (χ0) is 14.1. The van der Waals surface area contributed by atoms with E-state index in [0.29, 0.717) is 0 Å². The molecule has 0 fully saturated rings. The van der Waals surface area contributed by atoms with Crippen molar-refractivity contribution in [3.05, 3.63) is 30.3 Å². The van der Waals surface area contributed by atoms with Crippen LogP contribution in [0.1, 0.15) is 26.7 Å². The fraction of sp³-hybridized carbons (Fsp3) is 0.500. The number of hydrogen-bond donors (Lipinski definition) is 1. The molecule has 0 spiro atoms. The molecule has 0 unspecified atom stereocenters. The average Bonchev–Trinajstić information content (AvgIpc) is 2.43. The molecule has 2 nitrogen and oxygen atoms in total. The van der Waals surface area contributed by atoms with Gasteiger partial charge < -0.3 is 5.73 Å². The second-order valence-electron chi connectivity index (χ2n) is 3.00. The minimum atomic E-state index is 0.250. The molecule has 104 valence electrons. The molecule has 0 radical (unpaired) electrons. The van der Waals surface area contributed by atoms with Crippen LogP contribution in [-0.4, -0.2) is 24.2 Å². The molecule has 18 heavy (non-hydrogen) atoms. The lowest BCUT2D eigenvalue weighted by molar-refractivity contribution is -0.106. The van der Waals surface area contributed by atoms with Crippen molar-refractivity contribution < 1.29 is 4.79 Å². The van der Waals surface area contributed by atoms with E-state index in [2.05, 4.69) is 42.3 Å². The number of carbonyl (C=O) groups excluding carboxylic acids is 1. The molecular formula is C14H25NOS2. The Bertz CT molecular complexity index is 255. The average molecular weight is 287 g/mol. The van der Waals surface area contributed by atoms with E-state index in [1.165, 1.54) is 29.2 Å². The van der Waals surface area contributed by atoms with Crippen LogP contribution in [0.5, 0.6) is 0 Å². The van der Waals surface area contributed by atoms with Crippen LogP contribution in [0.25, 0.3) is 0 Å². The normalized spacial score (nSPS) is 8.39. The summed E-state index contributed by atoms with van der Waals surface area (Å²) in [5.41, 5.74) is 4.17. The fourth-order valence-electron chi connectivity index (χ4n) is 1.06. The molecule has 0 aromatic heterocycles. The standard InChI is InChI=1S/C11H16S2.C2H6.CH3NO/c1-12-9-5-6-10-13-11-7-3-2-4-8-11;1-2;2-1-3/h2-4,7-8H,5-6,9-10H2,1H3;1-2H3;1H,(H2,2,3). The number of nitrogens with two attached hydrogens (primary N) is 1. The summed E-state index contributed by atoms with van der Waals surface area (Å²) in [7, 11) is 0. The van der Waals surface area contributed by atoms with Gasteiger partial charge in [0.05, 0.1) is 0 Å². The van der Waals surface area contributed by atoms with Crippen LogP contribution in [0.4, 0.5) is 0 Å². The van der Waals surface area contributed by atoms with Gasteiger partial charge in [-0.15, -0.1) is 11.8 Å². The zero-order valence-corrected chi connectivity index (χ0v) is 13.2. The summed E-state index contributed by atoms with van der Waals surface area (Å²) in [6, 6.07) is 10.6. The third-order valence-corrected chi connectivity index (χ3v) is 3.55. The highest BCUT2D eigenvalue weighted by atomic mass is 32.2. The molecule has 1 amide bonds. The van der Waals surface area contributed by atoms with Crippen molar-refractivity contribution in [2.75, 3.05) is 17.8 Å². The van der Waals surface area contributed by atoms with Crippen LogP contribution in [0.15, 0.2) is 35.2 Å². The van der Waals surface area contributed by atoms with Gasteiger partial charge >= 0.3 is 0 Å². The lowest BCUT2D eigenvalue weighted by Crippen LogP contribution is -1.82. The molecule has 0 saturated carbocycles. The largest absolute Gasteiger partial charge is 0.372 e. The van der Waals surface area contributed by atoms with Crippen LogP contribution >= 0.6 is 23.5 Å². The maximum atomic E-state index is 8.58. The van der Waals surface area contributed by atoms with Crippen LogP contribution < -0.4 is 5.73 Å². The quantitative estimate of drug-likeness (QED) is 0.487. The molecule has 1 aromatic carbocycles. The highest BCUT2D eigenvalue weighted by molar-refractivity contribution is 7.99. The minimum Gasteiger partial charge on any atom is -0.372 e. The van der Waals surface area contributed by atoms with Crippen molar-refractivity contribution >= 4 is 29.9 Å². The van der Waals surface area contributed by atoms with Crippen LogP contribution in [0, 0.1) is 0 Å². The van der Waals surface area contributed by atoms with Crippen LogP contribution in [0.2, 0.25) is 0 Å². The predicted octanol–water partition coefficient (Wildman–Crippen LogP) is 4.05. The zero-order valence-electron chi connectivity index (χ0n) is 11.6. The lowest BCUT2D eigenvalue weighted by atomic mass is 10.4. The number of benzene rings is 1. The van der Waals surface area contributed by atoms with E-state index in [-0.39, 0.29) is 6.41 Å². The summed E-state index contributed by atoms with van der Waals surface area (Å²) >= 11 is 3.90. The molecule has 0 aliphatic carbocycles. The van der Waals surface area contributed by atoms with E-state index in [1.807, 2.05) is 37.4 Å². The summed E-state index contributed by atoms with van der Waals surface area (Å²) in [4.78, 5) is 9.98. The number of carbonyl (C=O) groups is 1. The number of rotatable bonds is 6. The molecule has 0 aliphatic heterocycles. The van der Waals surface area contributed by atoms with E-state index in [9.17, 15) is 0 Å². The highest BCUT2D eigenvalue weighted by Crippen LogP contribution is 2.18. The van der Waals surface area contributed by atoms with Crippen LogP contribution in [-0.2, 0) is 4.79 Å². The summed E-state index contributed by atoms with van der Waals surface area (Å²) in [6.07, 6.45) is 5.10. The Kier molecular flexibility index (Phi) is 20.5. The Hall–Kier alpha value is -0.610. The summed E-state index contributed by atoms with van der Waals surface area (Å²) in [5, 5.41) is 0. The van der Waals surface area contributed by atoms with E-state index < -0.39 is 0 Å². The Morgan fingerprint density at radius 1 is 1.11 bits per heavy atom. The maximum Gasteiger partial charge on any atom is 0.204 e. The van der Waals surface area contributed by atoms with Crippen molar-refractivity contribution in [3.63, 3.8) is 0 Å². The van der Waals surface area contributed by atoms with Gasteiger partial charge in [-0.25, -0.2) is 0 Å². The highest BCUT2D eigenvalue weighted by Gasteiger charge is 1.92. The van der Waals surface area contributed by atoms with Gasteiger partial charge in [0.2, 0.25) is 6.41 Å². The van der Waals surface area contributed by atoms with Crippen molar-refractivity contribution in [1.29, 1.82) is 0 Å². The Morgan fingerprint density at radius 3 is 2.11 bits per heavy atom. The molecule has 0 heterocycles. The molecule has 0 saturated heterocycles. The Labute approximate surface area is 120 Å². The lowest BCUT2D eigenvalue weighted by Gasteiger charge is -2.00. The third-order valence-electron chi connectivity index (χ3n) is 1.75. The summed E-state index contributed by atoms with van der Waals surface area (Å²) in [6.45, 7) is 4.00. The van der Waals surface area contributed by atoms with Crippen molar-refractivity contribution in [3.8, 4) is 0 Å². The van der Waals surface area contributed by atoms with Gasteiger partial charge in [-0.05, 0) is 42.7 Å². The third kappa shape index (κ3) is 15.4. The smallest absolute Gasteiger partial charge is 0.204 e. The molecule has 1 rings (SSSR count). The van der Waals surface area contributed by atoms with Gasteiger partial charge in [0.1, 0.15) is 0 Å². The van der Waals surface area contributed by atoms with Crippen molar-refractivity contribution in [2.45, 2.75) is 31.6 Å². The summed E-state index contributed by atoms with van der Waals surface area (Å²) in [5.74, 6) is 2.56. The predicted molar refractivity (Wildman–Crippen MR) is 86.4 cm³/mol. The fourth-order valence-corrected chi connectivity index (χ4v) is 2.48. The Balaban J connectivity index is 0. The topological polar surface area (TPSA) is 43.1 Å². The molecular weight excluding hydrogens is 262 g/mol. The first-order valence-corrected chi connectivity index (χ1v) is 8.55. The molecule has 2 N–H and O–H groups in total. The SMILES string of the molecule is CC.CSCCCCSc1ccccc1.NC=O. The number of amides is 1. The van der Waals surface area contributed by atoms with Gasteiger partial charge in [-0.1, -0.05) is 32.0 Å². The van der Waals surface area contributed by atoms with Gasteiger partial charge in [0.25, 0.3) is 0 Å². The van der Waals surface area contributed by atoms with Crippen LogP contribution in [0.3, 0.4) is 0 Å². The van der Waals surface area contributed by atoms with Crippen molar-refractivity contribution in [2.24, 2.45) is 5.73 Å². The second-order valence-corrected chi connectivity index (χ2v) is 5.15. The molecule has 0 bridgehead atoms. The van der Waals surface area contributed by atoms with Gasteiger partial charge in [-0.2, -0.15) is 11.8 Å². The first-order valence-electron chi connectivity index (χ1n) is 6.17. The van der Waals surface area contributed by atoms with E-state index in [4.69, 9.17) is 4.79 Å². The molecule has 0 aliphatic rings. The molecule has 4 heteroatoms. The Morgan fingerprint density at radius 2 is 1.61 bits per heavy atom. The minimum absolute atomic E-state index is 0.250. The monoisotopic (exact) mass is 287 g/mol.